The van der Waals surface area contributed by atoms with Crippen LogP contribution in [0.1, 0.15) is 10.4 Å². The molecule has 114 valence electrons. The summed E-state index contributed by atoms with van der Waals surface area (Å²) in [5.41, 5.74) is 0.910. The summed E-state index contributed by atoms with van der Waals surface area (Å²) in [6, 6.07) is 9.18. The molecule has 0 unspecified atom stereocenters. The predicted octanol–water partition coefficient (Wildman–Crippen LogP) is 4.83. The maximum absolute atomic E-state index is 12.6. The number of nitrogens with zero attached hydrogens (tertiary/aromatic N) is 1. The van der Waals surface area contributed by atoms with E-state index in [1.807, 2.05) is 24.3 Å². The molecule has 0 aliphatic rings. The van der Waals surface area contributed by atoms with E-state index in [1.54, 1.807) is 13.1 Å². The Morgan fingerprint density at radius 1 is 1.29 bits per heavy atom. The average molecular weight is 474 g/mol. The number of thiophene rings is 1. The standard InChI is InChI=1S/C13H12Br2ClNO2S2/c1-17(8-9-4-2-3-5-11(9)14)21(18,19)12-6-10(7-16)20-13(12)15/h2-6H,7-8H2,1H3. The van der Waals surface area contributed by atoms with Gasteiger partial charge in [-0.3, -0.25) is 0 Å². The third kappa shape index (κ3) is 3.89. The molecule has 0 fully saturated rings. The molecule has 0 N–H and O–H groups in total. The topological polar surface area (TPSA) is 37.4 Å². The van der Waals surface area contributed by atoms with Crippen LogP contribution in [0.3, 0.4) is 0 Å². The van der Waals surface area contributed by atoms with Crippen molar-refractivity contribution in [1.29, 1.82) is 0 Å². The van der Waals surface area contributed by atoms with Gasteiger partial charge in [-0.05, 0) is 33.6 Å². The lowest BCUT2D eigenvalue weighted by atomic mass is 10.2. The third-order valence-corrected chi connectivity index (χ3v) is 8.15. The van der Waals surface area contributed by atoms with Crippen LogP contribution in [0.5, 0.6) is 0 Å². The molecule has 2 rings (SSSR count). The van der Waals surface area contributed by atoms with Crippen LogP contribution in [-0.4, -0.2) is 19.8 Å². The number of benzene rings is 1. The maximum atomic E-state index is 12.6. The normalized spacial score (nSPS) is 12.0. The highest BCUT2D eigenvalue weighted by molar-refractivity contribution is 9.11. The first-order valence-electron chi connectivity index (χ1n) is 5.90. The van der Waals surface area contributed by atoms with E-state index < -0.39 is 10.0 Å². The summed E-state index contributed by atoms with van der Waals surface area (Å²) in [4.78, 5) is 1.08. The Morgan fingerprint density at radius 2 is 1.95 bits per heavy atom. The molecule has 0 saturated heterocycles. The molecular weight excluding hydrogens is 462 g/mol. The molecule has 0 atom stereocenters. The lowest BCUT2D eigenvalue weighted by molar-refractivity contribution is 0.466. The number of sulfonamides is 1. The predicted molar refractivity (Wildman–Crippen MR) is 94.4 cm³/mol. The first-order valence-corrected chi connectivity index (χ1v) is 10.3. The third-order valence-electron chi connectivity index (χ3n) is 2.88. The summed E-state index contributed by atoms with van der Waals surface area (Å²) in [7, 11) is -1.99. The largest absolute Gasteiger partial charge is 0.245 e. The minimum atomic E-state index is -3.56. The maximum Gasteiger partial charge on any atom is 0.245 e. The number of halogens is 3. The summed E-state index contributed by atoms with van der Waals surface area (Å²) in [5.74, 6) is 0.298. The van der Waals surface area contributed by atoms with E-state index in [9.17, 15) is 8.42 Å². The lowest BCUT2D eigenvalue weighted by Gasteiger charge is -2.17. The fraction of sp³-hybridized carbons (Fsp3) is 0.231. The molecule has 0 saturated carbocycles. The van der Waals surface area contributed by atoms with Crippen molar-refractivity contribution >= 4 is 64.8 Å². The fourth-order valence-electron chi connectivity index (χ4n) is 1.76. The van der Waals surface area contributed by atoms with Gasteiger partial charge in [-0.25, -0.2) is 8.42 Å². The van der Waals surface area contributed by atoms with Crippen molar-refractivity contribution in [3.63, 3.8) is 0 Å². The van der Waals surface area contributed by atoms with Gasteiger partial charge >= 0.3 is 0 Å². The van der Waals surface area contributed by atoms with E-state index in [4.69, 9.17) is 11.6 Å². The second-order valence-corrected chi connectivity index (χ2v) is 9.93. The number of alkyl halides is 1. The van der Waals surface area contributed by atoms with Crippen LogP contribution in [0.15, 0.2) is 43.5 Å². The zero-order valence-corrected chi connectivity index (χ0v) is 16.6. The molecule has 0 radical (unpaired) electrons. The minimum absolute atomic E-state index is 0.262. The highest BCUT2D eigenvalue weighted by Gasteiger charge is 2.26. The Kier molecular flexibility index (Phi) is 5.90. The van der Waals surface area contributed by atoms with Crippen molar-refractivity contribution in [1.82, 2.24) is 4.31 Å². The smallest absolute Gasteiger partial charge is 0.207 e. The molecule has 21 heavy (non-hydrogen) atoms. The fourth-order valence-corrected chi connectivity index (χ4v) is 6.04. The summed E-state index contributed by atoms with van der Waals surface area (Å²) >= 11 is 13.8. The molecule has 2 aromatic rings. The Labute approximate surface area is 150 Å². The molecule has 8 heteroatoms. The average Bonchev–Trinajstić information content (AvgIpc) is 2.83. The highest BCUT2D eigenvalue weighted by Crippen LogP contribution is 2.34. The molecule has 1 aromatic heterocycles. The summed E-state index contributed by atoms with van der Waals surface area (Å²) < 4.78 is 28.1. The van der Waals surface area contributed by atoms with E-state index in [2.05, 4.69) is 31.9 Å². The van der Waals surface area contributed by atoms with Gasteiger partial charge in [0.2, 0.25) is 10.0 Å². The Morgan fingerprint density at radius 3 is 2.52 bits per heavy atom. The van der Waals surface area contributed by atoms with Gasteiger partial charge in [-0.1, -0.05) is 34.1 Å². The Bertz CT molecular complexity index is 746. The van der Waals surface area contributed by atoms with Crippen LogP contribution in [0.4, 0.5) is 0 Å². The molecule has 3 nitrogen and oxygen atoms in total. The van der Waals surface area contributed by atoms with Gasteiger partial charge in [0, 0.05) is 22.9 Å². The van der Waals surface area contributed by atoms with Crippen molar-refractivity contribution in [2.24, 2.45) is 0 Å². The number of hydrogen-bond donors (Lipinski definition) is 0. The molecule has 0 bridgehead atoms. The second kappa shape index (κ2) is 7.10. The quantitative estimate of drug-likeness (QED) is 0.583. The zero-order valence-electron chi connectivity index (χ0n) is 11.0. The molecular formula is C13H12Br2ClNO2S2. The van der Waals surface area contributed by atoms with E-state index >= 15 is 0 Å². The monoisotopic (exact) mass is 471 g/mol. The van der Waals surface area contributed by atoms with Crippen LogP contribution in [-0.2, 0) is 22.4 Å². The molecule has 0 amide bonds. The molecule has 0 spiro atoms. The summed E-state index contributed by atoms with van der Waals surface area (Å²) in [5, 5.41) is 0. The zero-order chi connectivity index (χ0) is 15.6. The van der Waals surface area contributed by atoms with Gasteiger partial charge in [-0.2, -0.15) is 4.31 Å². The Hall–Kier alpha value is 0.0800. The van der Waals surface area contributed by atoms with Crippen molar-refractivity contribution in [3.8, 4) is 0 Å². The number of hydrogen-bond acceptors (Lipinski definition) is 3. The van der Waals surface area contributed by atoms with Gasteiger partial charge in [0.25, 0.3) is 0 Å². The van der Waals surface area contributed by atoms with Gasteiger partial charge in [-0.15, -0.1) is 22.9 Å². The SMILES string of the molecule is CN(Cc1ccccc1Br)S(=O)(=O)c1cc(CCl)sc1Br. The van der Waals surface area contributed by atoms with Gasteiger partial charge < -0.3 is 0 Å². The molecule has 1 aromatic carbocycles. The first kappa shape index (κ1) is 17.4. The minimum Gasteiger partial charge on any atom is -0.207 e. The van der Waals surface area contributed by atoms with Crippen LogP contribution in [0.2, 0.25) is 0 Å². The van der Waals surface area contributed by atoms with Crippen LogP contribution >= 0.6 is 54.8 Å². The lowest BCUT2D eigenvalue weighted by Crippen LogP contribution is -2.26. The van der Waals surface area contributed by atoms with Gasteiger partial charge in [0.1, 0.15) is 4.90 Å². The van der Waals surface area contributed by atoms with E-state index in [0.717, 1.165) is 14.9 Å². The van der Waals surface area contributed by atoms with E-state index in [0.29, 0.717) is 16.2 Å². The van der Waals surface area contributed by atoms with E-state index in [-0.39, 0.29) is 4.90 Å². The van der Waals surface area contributed by atoms with E-state index in [1.165, 1.54) is 15.6 Å². The van der Waals surface area contributed by atoms with Gasteiger partial charge in [0.05, 0.1) is 9.67 Å². The van der Waals surface area contributed by atoms with Crippen LogP contribution in [0.25, 0.3) is 0 Å². The van der Waals surface area contributed by atoms with Crippen molar-refractivity contribution < 1.29 is 8.42 Å². The van der Waals surface area contributed by atoms with Crippen LogP contribution < -0.4 is 0 Å². The van der Waals surface area contributed by atoms with Crippen molar-refractivity contribution in [2.45, 2.75) is 17.3 Å². The first-order chi connectivity index (χ1) is 9.86. The Balaban J connectivity index is 2.30. The van der Waals surface area contributed by atoms with Crippen molar-refractivity contribution in [2.75, 3.05) is 7.05 Å². The second-order valence-electron chi connectivity index (χ2n) is 4.34. The van der Waals surface area contributed by atoms with Crippen LogP contribution in [0, 0.1) is 0 Å². The molecule has 0 aliphatic carbocycles. The molecule has 1 heterocycles. The van der Waals surface area contributed by atoms with Crippen molar-refractivity contribution in [3.05, 3.63) is 49.0 Å². The molecule has 0 aliphatic heterocycles. The number of rotatable bonds is 5. The highest BCUT2D eigenvalue weighted by atomic mass is 79.9. The van der Waals surface area contributed by atoms with Gasteiger partial charge in [0.15, 0.2) is 0 Å². The summed E-state index contributed by atoms with van der Waals surface area (Å²) in [6.07, 6.45) is 0. The summed E-state index contributed by atoms with van der Waals surface area (Å²) in [6.45, 7) is 0.294.